The minimum Gasteiger partial charge on any atom is -0.324 e. The number of halogens is 1. The van der Waals surface area contributed by atoms with E-state index in [1.807, 2.05) is 30.3 Å². The van der Waals surface area contributed by atoms with Gasteiger partial charge in [-0.15, -0.1) is 0 Å². The summed E-state index contributed by atoms with van der Waals surface area (Å²) in [5.41, 5.74) is 2.79. The van der Waals surface area contributed by atoms with Crippen LogP contribution in [0.15, 0.2) is 71.6 Å². The highest BCUT2D eigenvalue weighted by Crippen LogP contribution is 2.32. The van der Waals surface area contributed by atoms with Crippen molar-refractivity contribution in [2.45, 2.75) is 31.2 Å². The summed E-state index contributed by atoms with van der Waals surface area (Å²) >= 11 is 0. The molecule has 2 amide bonds. The molecule has 0 saturated heterocycles. The molecular formula is C24H22FN3O4S. The molecule has 0 fully saturated rings. The SMILES string of the molecule is CC(=O)Nc1ccc(S(=O)(=O)Nc2ccc3c(c2)CCC(=O)N3Cc2ccccc2)cc1F. The minimum atomic E-state index is -4.06. The Kier molecular flexibility index (Phi) is 6.15. The number of nitrogens with one attached hydrogen (secondary N) is 2. The predicted octanol–water partition coefficient (Wildman–Crippen LogP) is 4.06. The summed E-state index contributed by atoms with van der Waals surface area (Å²) in [6, 6.07) is 17.9. The first-order valence-electron chi connectivity index (χ1n) is 10.3. The second-order valence-corrected chi connectivity index (χ2v) is 9.42. The first-order chi connectivity index (χ1) is 15.7. The van der Waals surface area contributed by atoms with E-state index in [9.17, 15) is 22.4 Å². The monoisotopic (exact) mass is 467 g/mol. The highest BCUT2D eigenvalue weighted by molar-refractivity contribution is 7.92. The summed E-state index contributed by atoms with van der Waals surface area (Å²) in [5.74, 6) is -1.31. The van der Waals surface area contributed by atoms with Gasteiger partial charge in [0.2, 0.25) is 11.8 Å². The molecule has 7 nitrogen and oxygen atoms in total. The molecule has 1 heterocycles. The number of carbonyl (C=O) groups excluding carboxylic acids is 2. The Hall–Kier alpha value is -3.72. The summed E-state index contributed by atoms with van der Waals surface area (Å²) in [5, 5.41) is 2.30. The maximum atomic E-state index is 14.2. The number of hydrogen-bond acceptors (Lipinski definition) is 4. The number of anilines is 3. The van der Waals surface area contributed by atoms with Crippen LogP contribution in [0.5, 0.6) is 0 Å². The quantitative estimate of drug-likeness (QED) is 0.571. The topological polar surface area (TPSA) is 95.6 Å². The number of nitrogens with zero attached hydrogens (tertiary/aromatic N) is 1. The van der Waals surface area contributed by atoms with Crippen LogP contribution in [0.25, 0.3) is 0 Å². The number of carbonyl (C=O) groups is 2. The van der Waals surface area contributed by atoms with Crippen LogP contribution in [-0.2, 0) is 32.6 Å². The molecule has 4 rings (SSSR count). The van der Waals surface area contributed by atoms with Crippen LogP contribution in [-0.4, -0.2) is 20.2 Å². The average molecular weight is 468 g/mol. The lowest BCUT2D eigenvalue weighted by Gasteiger charge is -2.30. The van der Waals surface area contributed by atoms with Crippen LogP contribution >= 0.6 is 0 Å². The molecule has 1 aliphatic rings. The van der Waals surface area contributed by atoms with E-state index in [2.05, 4.69) is 10.0 Å². The van der Waals surface area contributed by atoms with Crippen molar-refractivity contribution >= 4 is 38.9 Å². The van der Waals surface area contributed by atoms with Crippen molar-refractivity contribution < 1.29 is 22.4 Å². The molecule has 0 bridgehead atoms. The van der Waals surface area contributed by atoms with E-state index < -0.39 is 21.7 Å². The van der Waals surface area contributed by atoms with Gasteiger partial charge in [0.1, 0.15) is 5.82 Å². The number of hydrogen-bond donors (Lipinski definition) is 2. The first-order valence-corrected chi connectivity index (χ1v) is 11.8. The average Bonchev–Trinajstić information content (AvgIpc) is 2.77. The van der Waals surface area contributed by atoms with E-state index in [0.29, 0.717) is 25.1 Å². The summed E-state index contributed by atoms with van der Waals surface area (Å²) in [6.07, 6.45) is 0.820. The number of benzene rings is 3. The molecular weight excluding hydrogens is 445 g/mol. The molecule has 0 saturated carbocycles. The van der Waals surface area contributed by atoms with Crippen LogP contribution in [0.4, 0.5) is 21.5 Å². The highest BCUT2D eigenvalue weighted by Gasteiger charge is 2.25. The number of rotatable bonds is 6. The fourth-order valence-corrected chi connectivity index (χ4v) is 4.79. The molecule has 9 heteroatoms. The second kappa shape index (κ2) is 9.03. The van der Waals surface area contributed by atoms with Crippen molar-refractivity contribution in [3.8, 4) is 0 Å². The van der Waals surface area contributed by atoms with Gasteiger partial charge in [0.05, 0.1) is 17.1 Å². The number of aryl methyl sites for hydroxylation is 1. The molecule has 3 aromatic carbocycles. The lowest BCUT2D eigenvalue weighted by Crippen LogP contribution is -2.34. The standard InChI is InChI=1S/C24H22FN3O4S/c1-16(29)26-22-10-9-20(14-21(22)25)33(31,32)27-19-8-11-23-18(13-19)7-12-24(30)28(23)15-17-5-3-2-4-6-17/h2-6,8-11,13-14,27H,7,12,15H2,1H3,(H,26,29). The molecule has 0 aliphatic carbocycles. The largest absolute Gasteiger partial charge is 0.324 e. The zero-order chi connectivity index (χ0) is 23.6. The van der Waals surface area contributed by atoms with Gasteiger partial charge in [-0.05, 0) is 53.9 Å². The Labute approximate surface area is 191 Å². The van der Waals surface area contributed by atoms with Crippen molar-refractivity contribution in [3.63, 3.8) is 0 Å². The van der Waals surface area contributed by atoms with Crippen LogP contribution in [0.1, 0.15) is 24.5 Å². The third kappa shape index (κ3) is 5.04. The second-order valence-electron chi connectivity index (χ2n) is 7.74. The fraction of sp³-hybridized carbons (Fsp3) is 0.167. The van der Waals surface area contributed by atoms with Crippen LogP contribution in [0.2, 0.25) is 0 Å². The zero-order valence-corrected chi connectivity index (χ0v) is 18.7. The summed E-state index contributed by atoms with van der Waals surface area (Å²) in [7, 11) is -4.06. The smallest absolute Gasteiger partial charge is 0.261 e. The molecule has 0 spiro atoms. The van der Waals surface area contributed by atoms with Gasteiger partial charge in [-0.3, -0.25) is 14.3 Å². The van der Waals surface area contributed by atoms with Gasteiger partial charge in [0.25, 0.3) is 10.0 Å². The van der Waals surface area contributed by atoms with E-state index in [-0.39, 0.29) is 16.5 Å². The highest BCUT2D eigenvalue weighted by atomic mass is 32.2. The Morgan fingerprint density at radius 1 is 1.03 bits per heavy atom. The lowest BCUT2D eigenvalue weighted by molar-refractivity contribution is -0.119. The van der Waals surface area contributed by atoms with Crippen LogP contribution < -0.4 is 14.9 Å². The molecule has 3 aromatic rings. The van der Waals surface area contributed by atoms with E-state index in [4.69, 9.17) is 0 Å². The van der Waals surface area contributed by atoms with Crippen molar-refractivity contribution in [1.82, 2.24) is 0 Å². The predicted molar refractivity (Wildman–Crippen MR) is 124 cm³/mol. The first kappa shape index (κ1) is 22.5. The van der Waals surface area contributed by atoms with Gasteiger partial charge in [0, 0.05) is 24.7 Å². The van der Waals surface area contributed by atoms with E-state index in [1.54, 1.807) is 23.1 Å². The third-order valence-corrected chi connectivity index (χ3v) is 6.66. The molecule has 0 radical (unpaired) electrons. The van der Waals surface area contributed by atoms with E-state index in [0.717, 1.165) is 22.9 Å². The molecule has 170 valence electrons. The number of fused-ring (bicyclic) bond motifs is 1. The third-order valence-electron chi connectivity index (χ3n) is 5.28. The van der Waals surface area contributed by atoms with E-state index in [1.165, 1.54) is 19.1 Å². The summed E-state index contributed by atoms with van der Waals surface area (Å²) in [6.45, 7) is 1.66. The normalized spacial score (nSPS) is 13.4. The molecule has 1 aliphatic heterocycles. The molecule has 33 heavy (non-hydrogen) atoms. The molecule has 0 unspecified atom stereocenters. The van der Waals surface area contributed by atoms with E-state index >= 15 is 0 Å². The summed E-state index contributed by atoms with van der Waals surface area (Å²) < 4.78 is 42.2. The Morgan fingerprint density at radius 3 is 2.48 bits per heavy atom. The van der Waals surface area contributed by atoms with Crippen molar-refractivity contribution in [2.24, 2.45) is 0 Å². The van der Waals surface area contributed by atoms with Gasteiger partial charge in [-0.25, -0.2) is 12.8 Å². The van der Waals surface area contributed by atoms with Crippen molar-refractivity contribution in [1.29, 1.82) is 0 Å². The molecule has 0 aromatic heterocycles. The molecule has 0 atom stereocenters. The van der Waals surface area contributed by atoms with Crippen molar-refractivity contribution in [2.75, 3.05) is 14.9 Å². The maximum Gasteiger partial charge on any atom is 0.261 e. The number of amides is 2. The summed E-state index contributed by atoms with van der Waals surface area (Å²) in [4.78, 5) is 25.1. The van der Waals surface area contributed by atoms with Gasteiger partial charge < -0.3 is 10.2 Å². The van der Waals surface area contributed by atoms with Gasteiger partial charge in [0.15, 0.2) is 0 Å². The lowest BCUT2D eigenvalue weighted by atomic mass is 10.00. The van der Waals surface area contributed by atoms with Crippen LogP contribution in [0.3, 0.4) is 0 Å². The number of sulfonamides is 1. The fourth-order valence-electron chi connectivity index (χ4n) is 3.73. The van der Waals surface area contributed by atoms with Crippen LogP contribution in [0, 0.1) is 5.82 Å². The van der Waals surface area contributed by atoms with Crippen molar-refractivity contribution in [3.05, 3.63) is 83.7 Å². The molecule has 2 N–H and O–H groups in total. The minimum absolute atomic E-state index is 0.00872. The van der Waals surface area contributed by atoms with Gasteiger partial charge in [-0.1, -0.05) is 30.3 Å². The van der Waals surface area contributed by atoms with Gasteiger partial charge >= 0.3 is 0 Å². The Morgan fingerprint density at radius 2 is 1.79 bits per heavy atom. The Bertz CT molecular complexity index is 1330. The maximum absolute atomic E-state index is 14.2. The van der Waals surface area contributed by atoms with Gasteiger partial charge in [-0.2, -0.15) is 0 Å². The zero-order valence-electron chi connectivity index (χ0n) is 17.8. The Balaban J connectivity index is 1.57.